The van der Waals surface area contributed by atoms with Crippen molar-refractivity contribution >= 4 is 23.3 Å². The summed E-state index contributed by atoms with van der Waals surface area (Å²) in [6.07, 6.45) is 0.648. The molecule has 2 amide bonds. The van der Waals surface area contributed by atoms with Crippen LogP contribution in [0, 0.1) is 5.92 Å². The number of hydrogen-bond acceptors (Lipinski definition) is 4. The first kappa shape index (κ1) is 15.2. The standard InChI is InChI=1S/C11H17N3O4S/c1-3-6(2)8(9(15)16)14-10(17)12-4-7-5-19-11(18)13-7/h5-6,8H,3-4H2,1-2H3,(H,13,18)(H,15,16)(H2,12,14,17)/t6-,8-/m0/s1. The fraction of sp³-hybridized carbons (Fsp3) is 0.545. The van der Waals surface area contributed by atoms with Crippen LogP contribution in [-0.2, 0) is 11.3 Å². The van der Waals surface area contributed by atoms with Gasteiger partial charge >= 0.3 is 16.9 Å². The highest BCUT2D eigenvalue weighted by atomic mass is 32.1. The topological polar surface area (TPSA) is 111 Å². The van der Waals surface area contributed by atoms with Crippen molar-refractivity contribution in [3.8, 4) is 0 Å². The number of carbonyl (C=O) groups is 2. The first-order valence-electron chi connectivity index (χ1n) is 5.87. The van der Waals surface area contributed by atoms with Crippen molar-refractivity contribution < 1.29 is 14.7 Å². The monoisotopic (exact) mass is 287 g/mol. The molecule has 1 rings (SSSR count). The predicted octanol–water partition coefficient (Wildman–Crippen LogP) is 0.735. The molecule has 2 atom stereocenters. The summed E-state index contributed by atoms with van der Waals surface area (Å²) in [5.74, 6) is -1.22. The Morgan fingerprint density at radius 2 is 2.21 bits per heavy atom. The number of aromatic nitrogens is 1. The van der Waals surface area contributed by atoms with E-state index >= 15 is 0 Å². The van der Waals surface area contributed by atoms with Crippen molar-refractivity contribution in [1.82, 2.24) is 15.6 Å². The highest BCUT2D eigenvalue weighted by Gasteiger charge is 2.25. The second-order valence-corrected chi connectivity index (χ2v) is 5.04. The highest BCUT2D eigenvalue weighted by molar-refractivity contribution is 7.07. The molecule has 1 aromatic heterocycles. The molecule has 0 aliphatic rings. The summed E-state index contributed by atoms with van der Waals surface area (Å²) in [6, 6.07) is -1.49. The summed E-state index contributed by atoms with van der Waals surface area (Å²) in [5, 5.41) is 15.5. The van der Waals surface area contributed by atoms with Gasteiger partial charge in [-0.25, -0.2) is 9.59 Å². The molecular formula is C11H17N3O4S. The summed E-state index contributed by atoms with van der Waals surface area (Å²) >= 11 is 1.01. The van der Waals surface area contributed by atoms with Crippen LogP contribution < -0.4 is 15.5 Å². The molecule has 1 heterocycles. The third kappa shape index (κ3) is 4.74. The third-order valence-electron chi connectivity index (χ3n) is 2.78. The number of rotatable bonds is 6. The van der Waals surface area contributed by atoms with Crippen molar-refractivity contribution in [1.29, 1.82) is 0 Å². The Kier molecular flexibility index (Phi) is 5.56. The van der Waals surface area contributed by atoms with Gasteiger partial charge in [-0.15, -0.1) is 0 Å². The van der Waals surface area contributed by atoms with Crippen LogP contribution >= 0.6 is 11.3 Å². The molecule has 19 heavy (non-hydrogen) atoms. The van der Waals surface area contributed by atoms with Gasteiger partial charge in [-0.05, 0) is 5.92 Å². The molecule has 7 nitrogen and oxygen atoms in total. The van der Waals surface area contributed by atoms with E-state index in [-0.39, 0.29) is 17.3 Å². The van der Waals surface area contributed by atoms with Crippen LogP contribution in [0.1, 0.15) is 26.0 Å². The highest BCUT2D eigenvalue weighted by Crippen LogP contribution is 2.07. The molecule has 0 aromatic carbocycles. The Morgan fingerprint density at radius 1 is 1.53 bits per heavy atom. The van der Waals surface area contributed by atoms with Crippen molar-refractivity contribution in [2.45, 2.75) is 32.9 Å². The molecule has 0 bridgehead atoms. The van der Waals surface area contributed by atoms with Gasteiger partial charge in [-0.2, -0.15) is 0 Å². The maximum atomic E-state index is 11.6. The lowest BCUT2D eigenvalue weighted by molar-refractivity contribution is -0.140. The van der Waals surface area contributed by atoms with Gasteiger partial charge < -0.3 is 20.7 Å². The number of urea groups is 1. The molecule has 0 saturated heterocycles. The van der Waals surface area contributed by atoms with E-state index in [1.807, 2.05) is 6.92 Å². The smallest absolute Gasteiger partial charge is 0.326 e. The zero-order valence-corrected chi connectivity index (χ0v) is 11.5. The number of H-pyrrole nitrogens is 1. The fourth-order valence-corrected chi connectivity index (χ4v) is 2.03. The van der Waals surface area contributed by atoms with Crippen LogP contribution in [0.5, 0.6) is 0 Å². The van der Waals surface area contributed by atoms with Crippen LogP contribution in [0.15, 0.2) is 10.2 Å². The van der Waals surface area contributed by atoms with Crippen LogP contribution in [0.25, 0.3) is 0 Å². The molecule has 0 saturated carbocycles. The number of hydrogen-bond donors (Lipinski definition) is 4. The molecule has 0 spiro atoms. The Balaban J connectivity index is 2.49. The summed E-state index contributed by atoms with van der Waals surface area (Å²) in [5.41, 5.74) is 0.584. The van der Waals surface area contributed by atoms with E-state index < -0.39 is 18.0 Å². The Labute approximate surface area is 114 Å². The van der Waals surface area contributed by atoms with Gasteiger partial charge in [-0.3, -0.25) is 4.79 Å². The number of carboxylic acid groups (broad SMARTS) is 1. The molecule has 0 aliphatic heterocycles. The Bertz CT molecular complexity index is 496. The van der Waals surface area contributed by atoms with E-state index in [1.54, 1.807) is 12.3 Å². The number of aromatic amines is 1. The van der Waals surface area contributed by atoms with Crippen LogP contribution in [0.4, 0.5) is 4.79 Å². The molecule has 106 valence electrons. The van der Waals surface area contributed by atoms with E-state index in [4.69, 9.17) is 5.11 Å². The Hall–Kier alpha value is -1.83. The molecule has 4 N–H and O–H groups in total. The molecule has 1 aromatic rings. The minimum absolute atomic E-state index is 0.150. The third-order valence-corrected chi connectivity index (χ3v) is 3.49. The number of thiazole rings is 1. The van der Waals surface area contributed by atoms with Gasteiger partial charge in [0.2, 0.25) is 0 Å². The molecule has 8 heteroatoms. The van der Waals surface area contributed by atoms with Crippen molar-refractivity contribution in [2.75, 3.05) is 0 Å². The zero-order valence-electron chi connectivity index (χ0n) is 10.7. The number of aliphatic carboxylic acids is 1. The summed E-state index contributed by atoms with van der Waals surface area (Å²) in [7, 11) is 0. The normalized spacial score (nSPS) is 13.6. The second-order valence-electron chi connectivity index (χ2n) is 4.20. The minimum Gasteiger partial charge on any atom is -0.480 e. The summed E-state index contributed by atoms with van der Waals surface area (Å²) in [4.78, 5) is 35.8. The lowest BCUT2D eigenvalue weighted by Crippen LogP contribution is -2.48. The van der Waals surface area contributed by atoms with Gasteiger partial charge in [0.1, 0.15) is 6.04 Å². The molecule has 0 aliphatic carbocycles. The van der Waals surface area contributed by atoms with Gasteiger partial charge in [0.25, 0.3) is 0 Å². The van der Waals surface area contributed by atoms with Gasteiger partial charge in [0, 0.05) is 11.1 Å². The van der Waals surface area contributed by atoms with Gasteiger partial charge in [-0.1, -0.05) is 31.6 Å². The van der Waals surface area contributed by atoms with Crippen LogP contribution in [0.2, 0.25) is 0 Å². The van der Waals surface area contributed by atoms with Crippen molar-refractivity contribution in [2.24, 2.45) is 5.92 Å². The predicted molar refractivity (Wildman–Crippen MR) is 71.2 cm³/mol. The molecule has 0 fully saturated rings. The molecule has 0 unspecified atom stereocenters. The van der Waals surface area contributed by atoms with Crippen molar-refractivity contribution in [3.63, 3.8) is 0 Å². The van der Waals surface area contributed by atoms with E-state index in [0.717, 1.165) is 11.3 Å². The Morgan fingerprint density at radius 3 is 2.68 bits per heavy atom. The number of carbonyl (C=O) groups excluding carboxylic acids is 1. The summed E-state index contributed by atoms with van der Waals surface area (Å²) < 4.78 is 0. The largest absolute Gasteiger partial charge is 0.480 e. The maximum absolute atomic E-state index is 11.6. The average Bonchev–Trinajstić information content (AvgIpc) is 2.78. The quantitative estimate of drug-likeness (QED) is 0.618. The van der Waals surface area contributed by atoms with Gasteiger partial charge in [0.05, 0.1) is 6.54 Å². The van der Waals surface area contributed by atoms with Crippen LogP contribution in [-0.4, -0.2) is 28.1 Å². The SMILES string of the molecule is CC[C@H](C)[C@H](NC(=O)NCc1csc(=O)[nH]1)C(=O)O. The second kappa shape index (κ2) is 6.93. The lowest BCUT2D eigenvalue weighted by Gasteiger charge is -2.20. The fourth-order valence-electron chi connectivity index (χ4n) is 1.45. The first-order chi connectivity index (χ1) is 8.93. The van der Waals surface area contributed by atoms with Gasteiger partial charge in [0.15, 0.2) is 0 Å². The number of amides is 2. The summed E-state index contributed by atoms with van der Waals surface area (Å²) in [6.45, 7) is 3.77. The minimum atomic E-state index is -1.06. The number of carboxylic acids is 1. The first-order valence-corrected chi connectivity index (χ1v) is 6.75. The number of nitrogens with one attached hydrogen (secondary N) is 3. The van der Waals surface area contributed by atoms with E-state index in [2.05, 4.69) is 15.6 Å². The zero-order chi connectivity index (χ0) is 14.4. The van der Waals surface area contributed by atoms with E-state index in [0.29, 0.717) is 12.1 Å². The lowest BCUT2D eigenvalue weighted by atomic mass is 9.99. The maximum Gasteiger partial charge on any atom is 0.326 e. The molecule has 0 radical (unpaired) electrons. The van der Waals surface area contributed by atoms with Crippen LogP contribution in [0.3, 0.4) is 0 Å². The molecular weight excluding hydrogens is 270 g/mol. The van der Waals surface area contributed by atoms with E-state index in [1.165, 1.54) is 0 Å². The average molecular weight is 287 g/mol. The van der Waals surface area contributed by atoms with Crippen molar-refractivity contribution in [3.05, 3.63) is 20.7 Å². The van der Waals surface area contributed by atoms with E-state index in [9.17, 15) is 14.4 Å².